The summed E-state index contributed by atoms with van der Waals surface area (Å²) in [4.78, 5) is 26.7. The number of carboxylic acids is 1. The van der Waals surface area contributed by atoms with Crippen molar-refractivity contribution >= 4 is 11.9 Å². The van der Waals surface area contributed by atoms with Gasteiger partial charge < -0.3 is 19.5 Å². The molecule has 1 N–H and O–H groups in total. The van der Waals surface area contributed by atoms with Crippen LogP contribution in [0.25, 0.3) is 0 Å². The van der Waals surface area contributed by atoms with Gasteiger partial charge >= 0.3 is 5.97 Å². The Bertz CT molecular complexity index is 575. The molecule has 7 heteroatoms. The first-order valence-electron chi connectivity index (χ1n) is 8.49. The summed E-state index contributed by atoms with van der Waals surface area (Å²) < 4.78 is 11.1. The molecule has 1 aromatic rings. The summed E-state index contributed by atoms with van der Waals surface area (Å²) in [6.07, 6.45) is 0.173. The fourth-order valence-corrected chi connectivity index (χ4v) is 2.86. The van der Waals surface area contributed by atoms with Gasteiger partial charge in [-0.05, 0) is 31.7 Å². The van der Waals surface area contributed by atoms with Gasteiger partial charge in [0.05, 0.1) is 32.3 Å². The van der Waals surface area contributed by atoms with E-state index in [4.69, 9.17) is 14.6 Å². The third-order valence-corrected chi connectivity index (χ3v) is 4.00. The van der Waals surface area contributed by atoms with Crippen molar-refractivity contribution in [1.29, 1.82) is 0 Å². The van der Waals surface area contributed by atoms with E-state index in [0.717, 1.165) is 11.3 Å². The minimum Gasteiger partial charge on any atom is -0.494 e. The number of carbonyl (C=O) groups is 2. The highest BCUT2D eigenvalue weighted by molar-refractivity contribution is 5.79. The maximum Gasteiger partial charge on any atom is 0.317 e. The molecular weight excluding hydrogens is 324 g/mol. The summed E-state index contributed by atoms with van der Waals surface area (Å²) in [6, 6.07) is 7.55. The number of hydrogen-bond donors (Lipinski definition) is 1. The standard InChI is InChI=1S/C18H26N2O5/c1-3-24-15-6-4-14(5-7-15)10-17(21)20-8-9-25-16(12-20)11-19(2)13-18(22)23/h4-7,16H,3,8-13H2,1-2H3,(H,22,23). The Morgan fingerprint density at radius 3 is 2.72 bits per heavy atom. The summed E-state index contributed by atoms with van der Waals surface area (Å²) in [5.41, 5.74) is 0.944. The summed E-state index contributed by atoms with van der Waals surface area (Å²) >= 11 is 0. The lowest BCUT2D eigenvalue weighted by molar-refractivity contribution is -0.142. The Hall–Kier alpha value is -2.12. The van der Waals surface area contributed by atoms with Gasteiger partial charge in [-0.1, -0.05) is 12.1 Å². The molecule has 0 aliphatic carbocycles. The Morgan fingerprint density at radius 1 is 1.36 bits per heavy atom. The van der Waals surface area contributed by atoms with Crippen LogP contribution in [0.1, 0.15) is 12.5 Å². The van der Waals surface area contributed by atoms with Crippen LogP contribution in [0.15, 0.2) is 24.3 Å². The molecule has 1 fully saturated rings. The monoisotopic (exact) mass is 350 g/mol. The second-order valence-corrected chi connectivity index (χ2v) is 6.18. The highest BCUT2D eigenvalue weighted by Gasteiger charge is 2.25. The molecule has 25 heavy (non-hydrogen) atoms. The van der Waals surface area contributed by atoms with E-state index in [0.29, 0.717) is 39.3 Å². The lowest BCUT2D eigenvalue weighted by Gasteiger charge is -2.34. The number of carboxylic acid groups (broad SMARTS) is 1. The third kappa shape index (κ3) is 6.36. The van der Waals surface area contributed by atoms with Gasteiger partial charge in [-0.3, -0.25) is 14.5 Å². The minimum atomic E-state index is -0.873. The Labute approximate surface area is 148 Å². The van der Waals surface area contributed by atoms with E-state index in [2.05, 4.69) is 0 Å². The first-order valence-corrected chi connectivity index (χ1v) is 8.49. The fourth-order valence-electron chi connectivity index (χ4n) is 2.86. The normalized spacial score (nSPS) is 17.6. The van der Waals surface area contributed by atoms with Gasteiger partial charge in [0.15, 0.2) is 0 Å². The van der Waals surface area contributed by atoms with Crippen LogP contribution in [0.2, 0.25) is 0 Å². The van der Waals surface area contributed by atoms with E-state index in [1.165, 1.54) is 0 Å². The molecule has 1 unspecified atom stereocenters. The number of benzene rings is 1. The first-order chi connectivity index (χ1) is 12.0. The highest BCUT2D eigenvalue weighted by Crippen LogP contribution is 2.14. The maximum atomic E-state index is 12.5. The van der Waals surface area contributed by atoms with Crippen LogP contribution in [0, 0.1) is 0 Å². The zero-order valence-corrected chi connectivity index (χ0v) is 14.8. The molecule has 0 spiro atoms. The molecule has 1 amide bonds. The molecule has 1 aromatic carbocycles. The topological polar surface area (TPSA) is 79.3 Å². The Morgan fingerprint density at radius 2 is 2.08 bits per heavy atom. The number of likely N-dealkylation sites (N-methyl/N-ethyl adjacent to an activating group) is 1. The Kier molecular flexibility index (Phi) is 7.21. The van der Waals surface area contributed by atoms with Gasteiger partial charge in [0.2, 0.25) is 5.91 Å². The molecule has 1 aliphatic heterocycles. The molecule has 1 atom stereocenters. The van der Waals surface area contributed by atoms with E-state index in [1.54, 1.807) is 16.8 Å². The zero-order valence-electron chi connectivity index (χ0n) is 14.8. The van der Waals surface area contributed by atoms with Crippen molar-refractivity contribution in [2.24, 2.45) is 0 Å². The average Bonchev–Trinajstić information content (AvgIpc) is 2.56. The average molecular weight is 350 g/mol. The molecule has 1 heterocycles. The largest absolute Gasteiger partial charge is 0.494 e. The van der Waals surface area contributed by atoms with Crippen molar-refractivity contribution in [3.8, 4) is 5.75 Å². The van der Waals surface area contributed by atoms with Crippen molar-refractivity contribution in [2.75, 3.05) is 46.4 Å². The molecule has 7 nitrogen and oxygen atoms in total. The van der Waals surface area contributed by atoms with Crippen LogP contribution in [0.5, 0.6) is 5.75 Å². The molecule has 0 saturated carbocycles. The van der Waals surface area contributed by atoms with Crippen LogP contribution in [0.3, 0.4) is 0 Å². The van der Waals surface area contributed by atoms with Gasteiger partial charge in [-0.15, -0.1) is 0 Å². The molecule has 1 aliphatic rings. The lowest BCUT2D eigenvalue weighted by atomic mass is 10.1. The summed E-state index contributed by atoms with van der Waals surface area (Å²) in [5, 5.41) is 8.81. The number of aliphatic carboxylic acids is 1. The smallest absolute Gasteiger partial charge is 0.317 e. The number of rotatable bonds is 8. The van der Waals surface area contributed by atoms with Gasteiger partial charge in [0.25, 0.3) is 0 Å². The van der Waals surface area contributed by atoms with Crippen molar-refractivity contribution in [1.82, 2.24) is 9.80 Å². The number of hydrogen-bond acceptors (Lipinski definition) is 5. The minimum absolute atomic E-state index is 0.0417. The number of amides is 1. The van der Waals surface area contributed by atoms with Crippen molar-refractivity contribution < 1.29 is 24.2 Å². The molecular formula is C18H26N2O5. The predicted octanol–water partition coefficient (Wildman–Crippen LogP) is 0.872. The number of nitrogens with zero attached hydrogens (tertiary/aromatic N) is 2. The van der Waals surface area contributed by atoms with Crippen LogP contribution in [0.4, 0.5) is 0 Å². The summed E-state index contributed by atoms with van der Waals surface area (Å²) in [7, 11) is 1.73. The van der Waals surface area contributed by atoms with Crippen molar-refractivity contribution in [3.05, 3.63) is 29.8 Å². The van der Waals surface area contributed by atoms with E-state index in [1.807, 2.05) is 31.2 Å². The Balaban J connectivity index is 1.85. The predicted molar refractivity (Wildman–Crippen MR) is 92.8 cm³/mol. The van der Waals surface area contributed by atoms with E-state index >= 15 is 0 Å². The fraction of sp³-hybridized carbons (Fsp3) is 0.556. The molecule has 138 valence electrons. The van der Waals surface area contributed by atoms with Gasteiger partial charge in [-0.2, -0.15) is 0 Å². The molecule has 1 saturated heterocycles. The van der Waals surface area contributed by atoms with Crippen LogP contribution >= 0.6 is 0 Å². The van der Waals surface area contributed by atoms with Gasteiger partial charge in [0, 0.05) is 19.6 Å². The maximum absolute atomic E-state index is 12.5. The van der Waals surface area contributed by atoms with E-state index < -0.39 is 5.97 Å². The van der Waals surface area contributed by atoms with Crippen molar-refractivity contribution in [3.63, 3.8) is 0 Å². The SMILES string of the molecule is CCOc1ccc(CC(=O)N2CCOC(CN(C)CC(=O)O)C2)cc1. The molecule has 0 bridgehead atoms. The van der Waals surface area contributed by atoms with Crippen molar-refractivity contribution in [2.45, 2.75) is 19.4 Å². The molecule has 0 radical (unpaired) electrons. The van der Waals surface area contributed by atoms with Crippen LogP contribution in [-0.4, -0.2) is 79.3 Å². The second-order valence-electron chi connectivity index (χ2n) is 6.18. The van der Waals surface area contributed by atoms with Gasteiger partial charge in [0.1, 0.15) is 5.75 Å². The number of carbonyl (C=O) groups excluding carboxylic acids is 1. The highest BCUT2D eigenvalue weighted by atomic mass is 16.5. The molecule has 2 rings (SSSR count). The zero-order chi connectivity index (χ0) is 18.2. The van der Waals surface area contributed by atoms with E-state index in [9.17, 15) is 9.59 Å². The molecule has 0 aromatic heterocycles. The summed E-state index contributed by atoms with van der Waals surface area (Å²) in [5.74, 6) is -0.0216. The van der Waals surface area contributed by atoms with E-state index in [-0.39, 0.29) is 18.6 Å². The van der Waals surface area contributed by atoms with Gasteiger partial charge in [-0.25, -0.2) is 0 Å². The quantitative estimate of drug-likeness (QED) is 0.750. The lowest BCUT2D eigenvalue weighted by Crippen LogP contribution is -2.50. The van der Waals surface area contributed by atoms with Crippen LogP contribution in [-0.2, 0) is 20.7 Å². The summed E-state index contributed by atoms with van der Waals surface area (Å²) in [6.45, 7) is 4.51. The number of morpholine rings is 1. The third-order valence-electron chi connectivity index (χ3n) is 4.00. The second kappa shape index (κ2) is 9.39. The van der Waals surface area contributed by atoms with Crippen LogP contribution < -0.4 is 4.74 Å². The number of ether oxygens (including phenoxy) is 2. The first kappa shape index (κ1) is 19.2.